The zero-order chi connectivity index (χ0) is 20.6. The number of aryl methyl sites for hydroxylation is 1. The molecule has 1 heterocycles. The van der Waals surface area contributed by atoms with E-state index in [0.29, 0.717) is 27.4 Å². The number of hydrogen-bond donors (Lipinski definition) is 1. The molecule has 1 N–H and O–H groups in total. The number of halogens is 1. The second-order valence-corrected chi connectivity index (χ2v) is 6.75. The first-order valence-corrected chi connectivity index (χ1v) is 9.78. The van der Waals surface area contributed by atoms with Gasteiger partial charge in [0.15, 0.2) is 17.3 Å². The Hall–Kier alpha value is -3.00. The molecule has 3 aromatic rings. The number of nitrogens with zero attached hydrogens (tertiary/aromatic N) is 3. The molecule has 0 unspecified atom stereocenters. The predicted molar refractivity (Wildman–Crippen MR) is 113 cm³/mol. The Morgan fingerprint density at radius 3 is 2.83 bits per heavy atom. The monoisotopic (exact) mass is 414 g/mol. The van der Waals surface area contributed by atoms with Gasteiger partial charge in [0.2, 0.25) is 4.77 Å². The molecule has 0 radical (unpaired) electrons. The summed E-state index contributed by atoms with van der Waals surface area (Å²) in [5.41, 5.74) is 1.14. The fourth-order valence-electron chi connectivity index (χ4n) is 2.78. The van der Waals surface area contributed by atoms with Gasteiger partial charge < -0.3 is 9.47 Å². The number of para-hydroxylation sites is 1. The molecule has 0 spiro atoms. The molecule has 0 aliphatic heterocycles. The molecule has 3 rings (SSSR count). The van der Waals surface area contributed by atoms with Crippen molar-refractivity contribution in [1.82, 2.24) is 14.9 Å². The number of nitrogens with one attached hydrogen (secondary N) is 1. The molecule has 152 valence electrons. The number of aromatic nitrogens is 3. The van der Waals surface area contributed by atoms with E-state index >= 15 is 0 Å². The largest absolute Gasteiger partial charge is 0.493 e. The zero-order valence-electron chi connectivity index (χ0n) is 16.4. The quantitative estimate of drug-likeness (QED) is 0.400. The van der Waals surface area contributed by atoms with Gasteiger partial charge in [-0.25, -0.2) is 4.39 Å². The van der Waals surface area contributed by atoms with Crippen LogP contribution in [-0.2, 0) is 13.0 Å². The lowest BCUT2D eigenvalue weighted by atomic mass is 10.2. The lowest BCUT2D eigenvalue weighted by molar-refractivity contribution is 0.279. The Balaban J connectivity index is 1.88. The lowest BCUT2D eigenvalue weighted by Gasteiger charge is -2.13. The number of H-pyrrole nitrogens is 1. The fraction of sp³-hybridized carbons (Fsp3) is 0.286. The van der Waals surface area contributed by atoms with Crippen LogP contribution >= 0.6 is 12.2 Å². The maximum atomic E-state index is 13.9. The molecular formula is C21H23FN4O2S. The third kappa shape index (κ3) is 5.08. The molecule has 29 heavy (non-hydrogen) atoms. The van der Waals surface area contributed by atoms with Crippen LogP contribution in [0.3, 0.4) is 0 Å². The summed E-state index contributed by atoms with van der Waals surface area (Å²) in [6, 6.07) is 12.0. The first-order valence-electron chi connectivity index (χ1n) is 9.38. The normalized spacial score (nSPS) is 11.1. The van der Waals surface area contributed by atoms with Gasteiger partial charge in [-0.05, 0) is 36.8 Å². The van der Waals surface area contributed by atoms with E-state index in [1.54, 1.807) is 42.3 Å². The number of benzene rings is 2. The molecule has 0 aliphatic rings. The summed E-state index contributed by atoms with van der Waals surface area (Å²) < 4.78 is 27.3. The molecular weight excluding hydrogens is 391 g/mol. The van der Waals surface area contributed by atoms with Crippen LogP contribution in [0.2, 0.25) is 0 Å². The minimum atomic E-state index is -0.317. The van der Waals surface area contributed by atoms with Crippen molar-refractivity contribution in [2.75, 3.05) is 7.11 Å². The predicted octanol–water partition coefficient (Wildman–Crippen LogP) is 4.89. The number of methoxy groups -OCH3 is 1. The van der Waals surface area contributed by atoms with Crippen molar-refractivity contribution in [3.63, 3.8) is 0 Å². The van der Waals surface area contributed by atoms with Gasteiger partial charge in [-0.3, -0.25) is 5.10 Å². The maximum absolute atomic E-state index is 13.9. The molecule has 0 saturated heterocycles. The van der Waals surface area contributed by atoms with Crippen LogP contribution in [0.15, 0.2) is 47.6 Å². The molecule has 2 aromatic carbocycles. The summed E-state index contributed by atoms with van der Waals surface area (Å²) in [5, 5.41) is 11.5. The minimum Gasteiger partial charge on any atom is -0.493 e. The topological polar surface area (TPSA) is 64.4 Å². The summed E-state index contributed by atoms with van der Waals surface area (Å²) in [6.07, 6.45) is 4.45. The van der Waals surface area contributed by atoms with Crippen LogP contribution in [0, 0.1) is 10.6 Å². The highest BCUT2D eigenvalue weighted by Gasteiger charge is 2.12. The van der Waals surface area contributed by atoms with E-state index in [9.17, 15) is 4.39 Å². The van der Waals surface area contributed by atoms with Crippen LogP contribution in [-0.4, -0.2) is 28.2 Å². The molecule has 6 nitrogen and oxygen atoms in total. The van der Waals surface area contributed by atoms with E-state index < -0.39 is 0 Å². The summed E-state index contributed by atoms with van der Waals surface area (Å²) in [6.45, 7) is 2.19. The van der Waals surface area contributed by atoms with Gasteiger partial charge in [-0.1, -0.05) is 37.6 Å². The molecule has 0 amide bonds. The van der Waals surface area contributed by atoms with E-state index in [1.807, 2.05) is 12.1 Å². The van der Waals surface area contributed by atoms with Gasteiger partial charge in [0.1, 0.15) is 12.4 Å². The maximum Gasteiger partial charge on any atom is 0.216 e. The molecule has 0 bridgehead atoms. The van der Waals surface area contributed by atoms with Crippen molar-refractivity contribution in [2.24, 2.45) is 5.10 Å². The third-order valence-corrected chi connectivity index (χ3v) is 4.61. The number of rotatable bonds is 9. The standard InChI is InChI=1S/C21H23FN4O2S/c1-3-4-12-19-24-25-21(29)26(19)23-13-15-9-7-11-18(27-2)20(15)28-14-16-8-5-6-10-17(16)22/h5-11,13H,3-4,12,14H2,1-2H3,(H,25,29)/b23-13+. The summed E-state index contributed by atoms with van der Waals surface area (Å²) in [4.78, 5) is 0. The number of unbranched alkanes of at least 4 members (excludes halogenated alkanes) is 1. The van der Waals surface area contributed by atoms with Crippen LogP contribution in [0.1, 0.15) is 36.7 Å². The van der Waals surface area contributed by atoms with Gasteiger partial charge in [0.25, 0.3) is 0 Å². The number of hydrogen-bond acceptors (Lipinski definition) is 5. The first kappa shape index (κ1) is 20.7. The Labute approximate surface area is 174 Å². The SMILES string of the molecule is CCCCc1n[nH]c(=S)n1/N=C/c1cccc(OC)c1OCc1ccccc1F. The van der Waals surface area contributed by atoms with E-state index in [0.717, 1.165) is 25.1 Å². The average molecular weight is 415 g/mol. The highest BCUT2D eigenvalue weighted by atomic mass is 32.1. The molecule has 0 atom stereocenters. The van der Waals surface area contributed by atoms with Crippen molar-refractivity contribution >= 4 is 18.4 Å². The summed E-state index contributed by atoms with van der Waals surface area (Å²) in [5.74, 6) is 1.46. The fourth-order valence-corrected chi connectivity index (χ4v) is 2.97. The molecule has 0 aliphatic carbocycles. The first-order chi connectivity index (χ1) is 14.1. The van der Waals surface area contributed by atoms with E-state index in [4.69, 9.17) is 21.7 Å². The molecule has 0 saturated carbocycles. The highest BCUT2D eigenvalue weighted by molar-refractivity contribution is 7.71. The van der Waals surface area contributed by atoms with Crippen molar-refractivity contribution in [3.8, 4) is 11.5 Å². The highest BCUT2D eigenvalue weighted by Crippen LogP contribution is 2.31. The molecule has 0 fully saturated rings. The number of ether oxygens (including phenoxy) is 2. The Morgan fingerprint density at radius 2 is 2.07 bits per heavy atom. The van der Waals surface area contributed by atoms with Crippen LogP contribution in [0.5, 0.6) is 11.5 Å². The Morgan fingerprint density at radius 1 is 1.24 bits per heavy atom. The van der Waals surface area contributed by atoms with Gasteiger partial charge in [-0.15, -0.1) is 0 Å². The molecule has 8 heteroatoms. The van der Waals surface area contributed by atoms with Crippen LogP contribution in [0.4, 0.5) is 4.39 Å². The lowest BCUT2D eigenvalue weighted by Crippen LogP contribution is -2.04. The van der Waals surface area contributed by atoms with Crippen molar-refractivity contribution in [1.29, 1.82) is 0 Å². The zero-order valence-corrected chi connectivity index (χ0v) is 17.2. The summed E-state index contributed by atoms with van der Waals surface area (Å²) in [7, 11) is 1.56. The smallest absolute Gasteiger partial charge is 0.216 e. The third-order valence-electron chi connectivity index (χ3n) is 4.34. The van der Waals surface area contributed by atoms with Crippen LogP contribution < -0.4 is 9.47 Å². The van der Waals surface area contributed by atoms with Crippen molar-refractivity contribution in [3.05, 3.63) is 70.0 Å². The Bertz CT molecular complexity index is 1050. The van der Waals surface area contributed by atoms with E-state index in [1.165, 1.54) is 6.07 Å². The Kier molecular flexibility index (Phi) is 7.13. The van der Waals surface area contributed by atoms with Crippen molar-refractivity contribution in [2.45, 2.75) is 32.8 Å². The average Bonchev–Trinajstić information content (AvgIpc) is 3.09. The second kappa shape index (κ2) is 9.97. The van der Waals surface area contributed by atoms with E-state index in [2.05, 4.69) is 22.2 Å². The van der Waals surface area contributed by atoms with Gasteiger partial charge >= 0.3 is 0 Å². The van der Waals surface area contributed by atoms with Gasteiger partial charge in [0.05, 0.1) is 13.3 Å². The molecule has 1 aromatic heterocycles. The second-order valence-electron chi connectivity index (χ2n) is 6.36. The van der Waals surface area contributed by atoms with Gasteiger partial charge in [-0.2, -0.15) is 14.9 Å². The van der Waals surface area contributed by atoms with Gasteiger partial charge in [0, 0.05) is 17.5 Å². The minimum absolute atomic E-state index is 0.0702. The summed E-state index contributed by atoms with van der Waals surface area (Å²) >= 11 is 5.28. The van der Waals surface area contributed by atoms with E-state index in [-0.39, 0.29) is 12.4 Å². The van der Waals surface area contributed by atoms with Crippen molar-refractivity contribution < 1.29 is 13.9 Å². The number of aromatic amines is 1. The van der Waals surface area contributed by atoms with Crippen LogP contribution in [0.25, 0.3) is 0 Å².